The summed E-state index contributed by atoms with van der Waals surface area (Å²) in [5.74, 6) is -2.22. The van der Waals surface area contributed by atoms with Gasteiger partial charge >= 0.3 is 5.69 Å². The summed E-state index contributed by atoms with van der Waals surface area (Å²) in [6.07, 6.45) is 0. The van der Waals surface area contributed by atoms with Crippen LogP contribution in [0.5, 0.6) is 11.5 Å². The summed E-state index contributed by atoms with van der Waals surface area (Å²) in [5.41, 5.74) is -1.88. The Kier molecular flexibility index (Phi) is 5.63. The molecule has 2 N–H and O–H groups in total. The summed E-state index contributed by atoms with van der Waals surface area (Å²) < 4.78 is 42.6. The first-order valence-electron chi connectivity index (χ1n) is 10.4. The van der Waals surface area contributed by atoms with E-state index < -0.39 is 39.7 Å². The van der Waals surface area contributed by atoms with Gasteiger partial charge in [0.1, 0.15) is 6.07 Å². The maximum Gasteiger partial charge on any atom is 0.349 e. The number of halogens is 4. The molecule has 5 rings (SSSR count). The molecule has 4 aromatic rings. The average Bonchev–Trinajstić information content (AvgIpc) is 3.21. The molecule has 1 aliphatic heterocycles. The van der Waals surface area contributed by atoms with E-state index in [1.54, 1.807) is 6.07 Å². The number of fused-ring (bicyclic) bond motifs is 3. The normalized spacial score (nSPS) is 14.5. The maximum absolute atomic E-state index is 15.7. The number of hydrogen-bond acceptors (Lipinski definition) is 6. The van der Waals surface area contributed by atoms with Gasteiger partial charge in [-0.2, -0.15) is 9.94 Å². The van der Waals surface area contributed by atoms with Crippen LogP contribution in [-0.4, -0.2) is 26.4 Å². The molecule has 184 valence electrons. The van der Waals surface area contributed by atoms with Crippen LogP contribution in [0, 0.1) is 23.0 Å². The largest absolute Gasteiger partial charge is 0.451 e. The molecule has 0 fully saturated rings. The molecule has 0 unspecified atom stereocenters. The first-order valence-corrected chi connectivity index (χ1v) is 11.2. The van der Waals surface area contributed by atoms with Crippen molar-refractivity contribution < 1.29 is 18.3 Å². The van der Waals surface area contributed by atoms with Crippen LogP contribution in [0.4, 0.5) is 8.78 Å². The molecule has 0 aliphatic carbocycles. The lowest BCUT2D eigenvalue weighted by Gasteiger charge is -2.30. The van der Waals surface area contributed by atoms with Gasteiger partial charge in [-0.05, 0) is 17.7 Å². The van der Waals surface area contributed by atoms with Crippen LogP contribution in [0.15, 0.2) is 27.8 Å². The van der Waals surface area contributed by atoms with E-state index in [1.165, 1.54) is 12.1 Å². The zero-order chi connectivity index (χ0) is 25.9. The molecule has 0 atom stereocenters. The summed E-state index contributed by atoms with van der Waals surface area (Å²) in [6, 6.07) is 4.86. The Hall–Kier alpha value is -3.72. The molecule has 0 saturated heterocycles. The van der Waals surface area contributed by atoms with E-state index >= 15 is 8.78 Å². The molecular weight excluding hydrogens is 519 g/mol. The Morgan fingerprint density at radius 3 is 2.56 bits per heavy atom. The van der Waals surface area contributed by atoms with Crippen molar-refractivity contribution >= 4 is 34.1 Å². The van der Waals surface area contributed by atoms with Gasteiger partial charge in [0.15, 0.2) is 23.1 Å². The number of nitrogens with one attached hydrogen (secondary N) is 2. The lowest BCUT2D eigenvalue weighted by Crippen LogP contribution is -2.33. The summed E-state index contributed by atoms with van der Waals surface area (Å²) >= 11 is 12.6. The van der Waals surface area contributed by atoms with Crippen LogP contribution in [0.2, 0.25) is 10.0 Å². The number of aromatic amines is 2. The van der Waals surface area contributed by atoms with Gasteiger partial charge in [0, 0.05) is 22.6 Å². The van der Waals surface area contributed by atoms with Crippen LogP contribution >= 0.6 is 23.2 Å². The minimum atomic E-state index is -0.953. The fraction of sp³-hybridized carbons (Fsp3) is 0.217. The maximum atomic E-state index is 15.7. The highest BCUT2D eigenvalue weighted by molar-refractivity contribution is 6.37. The van der Waals surface area contributed by atoms with Gasteiger partial charge in [0.2, 0.25) is 5.69 Å². The summed E-state index contributed by atoms with van der Waals surface area (Å²) in [7, 11) is 0. The number of nitriles is 1. The Labute approximate surface area is 210 Å². The molecule has 0 amide bonds. The highest BCUT2D eigenvalue weighted by Gasteiger charge is 2.35. The number of benzene rings is 2. The summed E-state index contributed by atoms with van der Waals surface area (Å²) in [5, 5.41) is 12.4. The van der Waals surface area contributed by atoms with E-state index in [2.05, 4.69) is 10.1 Å². The zero-order valence-electron chi connectivity index (χ0n) is 18.6. The molecule has 9 nitrogen and oxygen atoms in total. The first kappa shape index (κ1) is 24.0. The minimum Gasteiger partial charge on any atom is -0.451 e. The molecule has 1 aliphatic rings. The molecule has 36 heavy (non-hydrogen) atoms. The van der Waals surface area contributed by atoms with Gasteiger partial charge in [-0.1, -0.05) is 37.0 Å². The van der Waals surface area contributed by atoms with Crippen molar-refractivity contribution in [3.63, 3.8) is 0 Å². The van der Waals surface area contributed by atoms with Gasteiger partial charge in [-0.3, -0.25) is 9.78 Å². The van der Waals surface area contributed by atoms with E-state index in [1.807, 2.05) is 18.8 Å². The van der Waals surface area contributed by atoms with Crippen LogP contribution < -0.4 is 16.0 Å². The van der Waals surface area contributed by atoms with Crippen molar-refractivity contribution in [1.29, 1.82) is 5.26 Å². The number of nitrogens with zero attached hydrogens (tertiary/aromatic N) is 3. The molecule has 3 heterocycles. The van der Waals surface area contributed by atoms with Gasteiger partial charge in [-0.15, -0.1) is 5.10 Å². The second-order valence-electron chi connectivity index (χ2n) is 8.75. The van der Waals surface area contributed by atoms with Crippen molar-refractivity contribution in [1.82, 2.24) is 19.7 Å². The molecule has 0 spiro atoms. The Bertz CT molecular complexity index is 1710. The molecule has 2 aromatic heterocycles. The molecular formula is C23H15Cl2F2N5O4. The number of hydrogen-bond donors (Lipinski definition) is 2. The molecule has 2 aromatic carbocycles. The van der Waals surface area contributed by atoms with Crippen molar-refractivity contribution in [3.8, 4) is 23.3 Å². The van der Waals surface area contributed by atoms with Gasteiger partial charge in [-0.25, -0.2) is 13.6 Å². The van der Waals surface area contributed by atoms with Crippen LogP contribution in [0.1, 0.15) is 30.8 Å². The number of ether oxygens (including phenoxy) is 2. The summed E-state index contributed by atoms with van der Waals surface area (Å²) in [4.78, 5) is 28.6. The average molecular weight is 534 g/mol. The molecule has 0 bridgehead atoms. The van der Waals surface area contributed by atoms with E-state index in [9.17, 15) is 9.59 Å². The van der Waals surface area contributed by atoms with E-state index in [0.29, 0.717) is 22.5 Å². The SMILES string of the molecule is CC1(C)COCc2[nH]c3c(F)cc(Oc4c(Cl)cc(-n5nc(C#N)c(=O)[nH]c5=O)cc4Cl)c(F)c3c21. The fourth-order valence-electron chi connectivity index (χ4n) is 4.26. The van der Waals surface area contributed by atoms with Gasteiger partial charge in [0.05, 0.1) is 34.5 Å². The highest BCUT2D eigenvalue weighted by Crippen LogP contribution is 2.44. The highest BCUT2D eigenvalue weighted by atomic mass is 35.5. The third-order valence-electron chi connectivity index (χ3n) is 5.77. The van der Waals surface area contributed by atoms with Crippen molar-refractivity contribution in [3.05, 3.63) is 77.7 Å². The Balaban J connectivity index is 1.62. The van der Waals surface area contributed by atoms with Crippen molar-refractivity contribution in [2.45, 2.75) is 25.9 Å². The van der Waals surface area contributed by atoms with Crippen molar-refractivity contribution in [2.24, 2.45) is 0 Å². The Morgan fingerprint density at radius 1 is 1.19 bits per heavy atom. The minimum absolute atomic E-state index is 0.00124. The number of rotatable bonds is 3. The van der Waals surface area contributed by atoms with Crippen LogP contribution in [-0.2, 0) is 16.8 Å². The number of aromatic nitrogens is 4. The fourth-order valence-corrected chi connectivity index (χ4v) is 4.81. The van der Waals surface area contributed by atoms with Gasteiger partial charge in [0.25, 0.3) is 5.56 Å². The standard InChI is InChI=1S/C23H15Cl2F2N5O4/c1-23(2)8-35-7-14-17(23)16-18(27)15(5-12(26)19(16)29-14)36-20-10(24)3-9(4-11(20)25)32-22(34)30-21(33)13(6-28)31-32/h3-5,29H,7-8H2,1-2H3,(H,30,33,34). The van der Waals surface area contributed by atoms with E-state index in [0.717, 1.165) is 6.07 Å². The van der Waals surface area contributed by atoms with E-state index in [-0.39, 0.29) is 39.0 Å². The quantitative estimate of drug-likeness (QED) is 0.400. The van der Waals surface area contributed by atoms with Crippen LogP contribution in [0.3, 0.4) is 0 Å². The lowest BCUT2D eigenvalue weighted by molar-refractivity contribution is 0.0629. The molecule has 0 radical (unpaired) electrons. The molecule has 0 saturated carbocycles. The number of H-pyrrole nitrogens is 2. The third kappa shape index (κ3) is 3.74. The van der Waals surface area contributed by atoms with Crippen LogP contribution in [0.25, 0.3) is 16.6 Å². The monoisotopic (exact) mass is 533 g/mol. The second-order valence-corrected chi connectivity index (χ2v) is 9.56. The summed E-state index contributed by atoms with van der Waals surface area (Å²) in [6.45, 7) is 4.23. The smallest absolute Gasteiger partial charge is 0.349 e. The zero-order valence-corrected chi connectivity index (χ0v) is 20.1. The first-order chi connectivity index (χ1) is 17.0. The molecule has 13 heteroatoms. The van der Waals surface area contributed by atoms with Crippen molar-refractivity contribution in [2.75, 3.05) is 6.61 Å². The van der Waals surface area contributed by atoms with E-state index in [4.69, 9.17) is 37.9 Å². The third-order valence-corrected chi connectivity index (χ3v) is 6.33. The lowest BCUT2D eigenvalue weighted by atomic mass is 9.82. The Morgan fingerprint density at radius 2 is 1.89 bits per heavy atom. The van der Waals surface area contributed by atoms with Gasteiger partial charge < -0.3 is 14.5 Å². The second kappa shape index (κ2) is 8.44. The predicted octanol–water partition coefficient (Wildman–Crippen LogP) is 4.46. The predicted molar refractivity (Wildman–Crippen MR) is 126 cm³/mol. The topological polar surface area (TPSA) is 126 Å².